The van der Waals surface area contributed by atoms with E-state index in [2.05, 4.69) is 4.94 Å². The molecular formula is C5H11ClN2O. The van der Waals surface area contributed by atoms with E-state index in [9.17, 15) is 0 Å². The van der Waals surface area contributed by atoms with Crippen LogP contribution in [0.25, 0.3) is 0 Å². The summed E-state index contributed by atoms with van der Waals surface area (Å²) in [5.41, 5.74) is 0. The second-order valence-electron chi connectivity index (χ2n) is 2.04. The Labute approximate surface area is 60.0 Å². The van der Waals surface area contributed by atoms with Gasteiger partial charge in [-0.25, -0.2) is 5.01 Å². The van der Waals surface area contributed by atoms with Gasteiger partial charge in [0.2, 0.25) is 0 Å². The average molecular weight is 151 g/mol. The molecule has 4 heteroatoms. The van der Waals surface area contributed by atoms with Gasteiger partial charge in [-0.3, -0.25) is 0 Å². The fourth-order valence-corrected chi connectivity index (χ4v) is 1.000. The quantitative estimate of drug-likeness (QED) is 0.547. The van der Waals surface area contributed by atoms with Crippen LogP contribution in [0.3, 0.4) is 0 Å². The molecule has 1 fully saturated rings. The number of rotatable bonds is 1. The third-order valence-electron chi connectivity index (χ3n) is 1.34. The molecule has 1 N–H and O–H groups in total. The summed E-state index contributed by atoms with van der Waals surface area (Å²) in [6.45, 7) is 3.49. The maximum atomic E-state index is 5.37. The third-order valence-corrected chi connectivity index (χ3v) is 1.58. The Morgan fingerprint density at radius 3 is 3.00 bits per heavy atom. The van der Waals surface area contributed by atoms with Gasteiger partial charge in [0.1, 0.15) is 0 Å². The van der Waals surface area contributed by atoms with Crippen molar-refractivity contribution in [3.63, 3.8) is 0 Å². The molecular weight excluding hydrogens is 140 g/mol. The zero-order valence-electron chi connectivity index (χ0n) is 5.27. The first-order valence-corrected chi connectivity index (χ1v) is 3.50. The van der Waals surface area contributed by atoms with Crippen LogP contribution in [0.1, 0.15) is 6.42 Å². The number of hydrazine groups is 1. The van der Waals surface area contributed by atoms with Crippen molar-refractivity contribution in [3.05, 3.63) is 0 Å². The first-order chi connectivity index (χ1) is 4.43. The number of nitrogens with zero attached hydrogens (tertiary/aromatic N) is 1. The van der Waals surface area contributed by atoms with Crippen molar-refractivity contribution >= 4 is 11.8 Å². The first kappa shape index (κ1) is 7.28. The second kappa shape index (κ2) is 4.06. The highest BCUT2D eigenvalue weighted by atomic mass is 35.5. The molecule has 1 saturated heterocycles. The minimum Gasteiger partial charge on any atom is -0.380 e. The average Bonchev–Trinajstić information content (AvgIpc) is 2.13. The largest absolute Gasteiger partial charge is 0.380 e. The molecule has 0 saturated carbocycles. The molecule has 0 atom stereocenters. The monoisotopic (exact) mass is 150 g/mol. The zero-order valence-corrected chi connectivity index (χ0v) is 6.02. The highest BCUT2D eigenvalue weighted by molar-refractivity contribution is 6.13. The summed E-state index contributed by atoms with van der Waals surface area (Å²) in [6, 6.07) is 0. The maximum absolute atomic E-state index is 5.37. The van der Waals surface area contributed by atoms with Crippen molar-refractivity contribution in [2.75, 3.05) is 26.3 Å². The Bertz CT molecular complexity index is 73.4. The van der Waals surface area contributed by atoms with E-state index in [0.717, 1.165) is 32.7 Å². The minimum atomic E-state index is 0.778. The van der Waals surface area contributed by atoms with Gasteiger partial charge in [-0.1, -0.05) is 0 Å². The van der Waals surface area contributed by atoms with Crippen molar-refractivity contribution in [2.45, 2.75) is 6.42 Å². The Kier molecular flexibility index (Phi) is 3.28. The van der Waals surface area contributed by atoms with Gasteiger partial charge in [0.25, 0.3) is 0 Å². The normalized spacial score (nSPS) is 23.7. The van der Waals surface area contributed by atoms with E-state index in [0.29, 0.717) is 0 Å². The van der Waals surface area contributed by atoms with Crippen molar-refractivity contribution in [3.8, 4) is 0 Å². The van der Waals surface area contributed by atoms with Crippen LogP contribution in [-0.4, -0.2) is 31.3 Å². The minimum absolute atomic E-state index is 0.778. The number of ether oxygens (including phenoxy) is 1. The van der Waals surface area contributed by atoms with Crippen LogP contribution >= 0.6 is 11.8 Å². The standard InChI is InChI=1S/C5H11ClN2O/c6-7-8-2-1-4-9-5-3-8/h7H,1-5H2. The Balaban J connectivity index is 2.18. The maximum Gasteiger partial charge on any atom is 0.0607 e. The van der Waals surface area contributed by atoms with Crippen LogP contribution < -0.4 is 4.94 Å². The summed E-state index contributed by atoms with van der Waals surface area (Å²) in [4.78, 5) is 2.57. The number of hydrogen-bond acceptors (Lipinski definition) is 3. The van der Waals surface area contributed by atoms with Gasteiger partial charge in [-0.15, -0.1) is 0 Å². The molecule has 0 aromatic heterocycles. The second-order valence-corrected chi connectivity index (χ2v) is 2.21. The summed E-state index contributed by atoms with van der Waals surface area (Å²) in [5.74, 6) is 0. The number of nitrogens with one attached hydrogen (secondary N) is 1. The molecule has 3 nitrogen and oxygen atoms in total. The van der Waals surface area contributed by atoms with Crippen LogP contribution in [0, 0.1) is 0 Å². The van der Waals surface area contributed by atoms with E-state index in [1.807, 2.05) is 5.01 Å². The van der Waals surface area contributed by atoms with Gasteiger partial charge in [0.15, 0.2) is 0 Å². The van der Waals surface area contributed by atoms with Crippen molar-refractivity contribution in [2.24, 2.45) is 0 Å². The van der Waals surface area contributed by atoms with Crippen LogP contribution in [0.2, 0.25) is 0 Å². The molecule has 0 radical (unpaired) electrons. The highest BCUT2D eigenvalue weighted by Gasteiger charge is 2.05. The van der Waals surface area contributed by atoms with Crippen LogP contribution in [0.5, 0.6) is 0 Å². The third kappa shape index (κ3) is 2.49. The van der Waals surface area contributed by atoms with Gasteiger partial charge in [-0.05, 0) is 18.2 Å². The molecule has 1 aliphatic rings. The summed E-state index contributed by atoms with van der Waals surface area (Å²) in [7, 11) is 0. The molecule has 0 unspecified atom stereocenters. The van der Waals surface area contributed by atoms with Crippen molar-refractivity contribution in [1.82, 2.24) is 9.95 Å². The van der Waals surface area contributed by atoms with Gasteiger partial charge >= 0.3 is 0 Å². The van der Waals surface area contributed by atoms with E-state index in [4.69, 9.17) is 16.5 Å². The Hall–Kier alpha value is 0.170. The van der Waals surface area contributed by atoms with Crippen LogP contribution in [0.15, 0.2) is 0 Å². The van der Waals surface area contributed by atoms with Crippen LogP contribution in [-0.2, 0) is 4.74 Å². The molecule has 1 heterocycles. The van der Waals surface area contributed by atoms with E-state index < -0.39 is 0 Å². The van der Waals surface area contributed by atoms with E-state index in [1.165, 1.54) is 0 Å². The summed E-state index contributed by atoms with van der Waals surface area (Å²) >= 11 is 5.37. The summed E-state index contributed by atoms with van der Waals surface area (Å²) in [6.07, 6.45) is 1.06. The molecule has 0 aromatic rings. The van der Waals surface area contributed by atoms with Gasteiger partial charge in [0, 0.05) is 19.7 Å². The molecule has 0 aromatic carbocycles. The lowest BCUT2D eigenvalue weighted by molar-refractivity contribution is 0.138. The Morgan fingerprint density at radius 1 is 1.33 bits per heavy atom. The molecule has 0 spiro atoms. The number of hydrogen-bond donors (Lipinski definition) is 1. The lowest BCUT2D eigenvalue weighted by atomic mass is 10.4. The lowest BCUT2D eigenvalue weighted by Gasteiger charge is -2.13. The molecule has 1 rings (SSSR count). The lowest BCUT2D eigenvalue weighted by Crippen LogP contribution is -2.33. The van der Waals surface area contributed by atoms with E-state index in [1.54, 1.807) is 0 Å². The predicted molar refractivity (Wildman–Crippen MR) is 36.0 cm³/mol. The van der Waals surface area contributed by atoms with Gasteiger partial charge in [-0.2, -0.15) is 4.94 Å². The summed E-state index contributed by atoms with van der Waals surface area (Å²) in [5, 5.41) is 1.94. The predicted octanol–water partition coefficient (Wildman–Crippen LogP) is 0.367. The fourth-order valence-electron chi connectivity index (χ4n) is 0.831. The first-order valence-electron chi connectivity index (χ1n) is 3.12. The van der Waals surface area contributed by atoms with Crippen LogP contribution in [0.4, 0.5) is 0 Å². The molecule has 0 amide bonds. The number of halogens is 1. The Morgan fingerprint density at radius 2 is 2.22 bits per heavy atom. The topological polar surface area (TPSA) is 24.5 Å². The van der Waals surface area contributed by atoms with Crippen molar-refractivity contribution < 1.29 is 4.74 Å². The molecule has 0 bridgehead atoms. The van der Waals surface area contributed by atoms with Crippen molar-refractivity contribution in [1.29, 1.82) is 0 Å². The fraction of sp³-hybridized carbons (Fsp3) is 1.00. The SMILES string of the molecule is ClNN1CCCOCC1. The van der Waals surface area contributed by atoms with E-state index in [-0.39, 0.29) is 0 Å². The van der Waals surface area contributed by atoms with E-state index >= 15 is 0 Å². The smallest absolute Gasteiger partial charge is 0.0607 e. The van der Waals surface area contributed by atoms with Gasteiger partial charge in [0.05, 0.1) is 6.61 Å². The molecule has 54 valence electrons. The zero-order chi connectivity index (χ0) is 6.53. The highest BCUT2D eigenvalue weighted by Crippen LogP contribution is 1.95. The molecule has 0 aliphatic carbocycles. The molecule has 1 aliphatic heterocycles. The summed E-state index contributed by atoms with van der Waals surface area (Å²) < 4.78 is 5.19. The van der Waals surface area contributed by atoms with Gasteiger partial charge < -0.3 is 4.74 Å². The molecule has 9 heavy (non-hydrogen) atoms.